The third-order valence-corrected chi connectivity index (χ3v) is 5.03. The summed E-state index contributed by atoms with van der Waals surface area (Å²) in [4.78, 5) is 18.0. The number of carbonyl (C=O) groups excluding carboxylic acids is 1. The van der Waals surface area contributed by atoms with E-state index in [1.165, 1.54) is 0 Å². The standard InChI is InChI=1S/C13H20BrNO3/c1-4-17-11(16)13-7-5-6-12(13,8-14)10(9(2)3)15-18-13/h9H,4-8H2,1-3H3. The summed E-state index contributed by atoms with van der Waals surface area (Å²) in [5.74, 6) is 0.0123. The lowest BCUT2D eigenvalue weighted by Gasteiger charge is -2.35. The summed E-state index contributed by atoms with van der Waals surface area (Å²) in [6, 6.07) is 0. The fourth-order valence-electron chi connectivity index (χ4n) is 3.25. The lowest BCUT2D eigenvalue weighted by atomic mass is 9.70. The zero-order valence-electron chi connectivity index (χ0n) is 11.2. The fourth-order valence-corrected chi connectivity index (χ4v) is 4.27. The molecule has 2 atom stereocenters. The zero-order chi connectivity index (χ0) is 13.4. The van der Waals surface area contributed by atoms with Gasteiger partial charge >= 0.3 is 5.97 Å². The van der Waals surface area contributed by atoms with Crippen molar-refractivity contribution >= 4 is 27.6 Å². The third-order valence-electron chi connectivity index (χ3n) is 4.08. The minimum atomic E-state index is -0.897. The topological polar surface area (TPSA) is 47.9 Å². The van der Waals surface area contributed by atoms with E-state index in [2.05, 4.69) is 34.9 Å². The van der Waals surface area contributed by atoms with Crippen LogP contribution in [0.5, 0.6) is 0 Å². The van der Waals surface area contributed by atoms with Crippen LogP contribution in [0.15, 0.2) is 5.16 Å². The van der Waals surface area contributed by atoms with Gasteiger partial charge in [-0.3, -0.25) is 0 Å². The highest BCUT2D eigenvalue weighted by atomic mass is 79.9. The maximum atomic E-state index is 12.3. The molecule has 1 aliphatic heterocycles. The average Bonchev–Trinajstić information content (AvgIpc) is 2.82. The third kappa shape index (κ3) is 1.63. The smallest absolute Gasteiger partial charge is 0.354 e. The second kappa shape index (κ2) is 4.83. The highest BCUT2D eigenvalue weighted by molar-refractivity contribution is 9.09. The van der Waals surface area contributed by atoms with Crippen LogP contribution in [0.4, 0.5) is 0 Å². The van der Waals surface area contributed by atoms with Crippen molar-refractivity contribution in [1.29, 1.82) is 0 Å². The van der Waals surface area contributed by atoms with E-state index in [0.717, 1.165) is 18.6 Å². The Kier molecular flexibility index (Phi) is 3.72. The van der Waals surface area contributed by atoms with E-state index < -0.39 is 5.60 Å². The van der Waals surface area contributed by atoms with E-state index in [4.69, 9.17) is 9.57 Å². The normalized spacial score (nSPS) is 34.2. The van der Waals surface area contributed by atoms with Crippen LogP contribution in [0.3, 0.4) is 0 Å². The van der Waals surface area contributed by atoms with Crippen LogP contribution in [0.2, 0.25) is 0 Å². The van der Waals surface area contributed by atoms with Gasteiger partial charge in [0.1, 0.15) is 0 Å². The van der Waals surface area contributed by atoms with Gasteiger partial charge in [-0.15, -0.1) is 0 Å². The van der Waals surface area contributed by atoms with Crippen molar-refractivity contribution in [3.63, 3.8) is 0 Å². The lowest BCUT2D eigenvalue weighted by Crippen LogP contribution is -2.54. The van der Waals surface area contributed by atoms with E-state index in [9.17, 15) is 4.79 Å². The number of fused-ring (bicyclic) bond motifs is 1. The summed E-state index contributed by atoms with van der Waals surface area (Å²) in [6.45, 7) is 6.37. The number of carbonyl (C=O) groups is 1. The number of esters is 1. The largest absolute Gasteiger partial charge is 0.463 e. The van der Waals surface area contributed by atoms with Crippen LogP contribution in [0.1, 0.15) is 40.0 Å². The second-order valence-corrected chi connectivity index (χ2v) is 5.90. The van der Waals surface area contributed by atoms with Crippen molar-refractivity contribution in [3.05, 3.63) is 0 Å². The van der Waals surface area contributed by atoms with Crippen LogP contribution in [0.25, 0.3) is 0 Å². The van der Waals surface area contributed by atoms with Crippen LogP contribution in [0, 0.1) is 11.3 Å². The van der Waals surface area contributed by atoms with E-state index >= 15 is 0 Å². The minimum Gasteiger partial charge on any atom is -0.463 e. The van der Waals surface area contributed by atoms with Crippen LogP contribution in [-0.4, -0.2) is 29.2 Å². The van der Waals surface area contributed by atoms with E-state index in [-0.39, 0.29) is 17.3 Å². The second-order valence-electron chi connectivity index (χ2n) is 5.34. The molecule has 0 N–H and O–H groups in total. The summed E-state index contributed by atoms with van der Waals surface area (Å²) in [6.07, 6.45) is 2.58. The Morgan fingerprint density at radius 3 is 2.83 bits per heavy atom. The number of alkyl halides is 1. The summed E-state index contributed by atoms with van der Waals surface area (Å²) in [5, 5.41) is 4.91. The Bertz CT molecular complexity index is 382. The van der Waals surface area contributed by atoms with Crippen LogP contribution in [-0.2, 0) is 14.4 Å². The summed E-state index contributed by atoms with van der Waals surface area (Å²) >= 11 is 3.57. The van der Waals surface area contributed by atoms with Gasteiger partial charge in [0, 0.05) is 11.8 Å². The van der Waals surface area contributed by atoms with Crippen molar-refractivity contribution in [1.82, 2.24) is 0 Å². The monoisotopic (exact) mass is 317 g/mol. The summed E-state index contributed by atoms with van der Waals surface area (Å²) in [5.41, 5.74) is -0.232. The maximum Gasteiger partial charge on any atom is 0.354 e. The quantitative estimate of drug-likeness (QED) is 0.591. The molecule has 0 spiro atoms. The number of rotatable bonds is 4. The first-order valence-electron chi connectivity index (χ1n) is 6.54. The van der Waals surface area contributed by atoms with Crippen molar-refractivity contribution in [2.45, 2.75) is 45.6 Å². The summed E-state index contributed by atoms with van der Waals surface area (Å²) in [7, 11) is 0. The Hall–Kier alpha value is -0.580. The van der Waals surface area contributed by atoms with Crippen molar-refractivity contribution in [3.8, 4) is 0 Å². The molecular formula is C13H20BrNO3. The minimum absolute atomic E-state index is 0.263. The van der Waals surface area contributed by atoms with Gasteiger partial charge in [-0.25, -0.2) is 4.79 Å². The highest BCUT2D eigenvalue weighted by Gasteiger charge is 2.68. The first-order chi connectivity index (χ1) is 8.54. The van der Waals surface area contributed by atoms with E-state index in [0.29, 0.717) is 18.4 Å². The van der Waals surface area contributed by atoms with Crippen molar-refractivity contribution in [2.75, 3.05) is 11.9 Å². The SMILES string of the molecule is CCOC(=O)C12CCCC1(CBr)C(C(C)C)=NO2. The Labute approximate surface area is 116 Å². The molecule has 1 aliphatic carbocycles. The molecule has 2 aliphatic rings. The Morgan fingerprint density at radius 2 is 2.28 bits per heavy atom. The number of nitrogens with zero attached hydrogens (tertiary/aromatic N) is 1. The molecule has 0 aromatic heterocycles. The zero-order valence-corrected chi connectivity index (χ0v) is 12.7. The van der Waals surface area contributed by atoms with Gasteiger partial charge in [-0.1, -0.05) is 34.9 Å². The molecule has 5 heteroatoms. The highest BCUT2D eigenvalue weighted by Crippen LogP contribution is 2.56. The molecule has 18 heavy (non-hydrogen) atoms. The predicted molar refractivity (Wildman–Crippen MR) is 72.8 cm³/mol. The summed E-state index contributed by atoms with van der Waals surface area (Å²) < 4.78 is 5.23. The predicted octanol–water partition coefficient (Wildman–Crippen LogP) is 2.90. The van der Waals surface area contributed by atoms with Gasteiger partial charge in [0.25, 0.3) is 0 Å². The number of oxime groups is 1. The first-order valence-corrected chi connectivity index (χ1v) is 7.66. The maximum absolute atomic E-state index is 12.3. The van der Waals surface area contributed by atoms with Gasteiger partial charge in [0.15, 0.2) is 0 Å². The van der Waals surface area contributed by atoms with Crippen molar-refractivity contribution in [2.24, 2.45) is 16.5 Å². The lowest BCUT2D eigenvalue weighted by molar-refractivity contribution is -0.176. The van der Waals surface area contributed by atoms with Gasteiger partial charge < -0.3 is 9.57 Å². The molecule has 0 aromatic rings. The molecule has 4 nitrogen and oxygen atoms in total. The van der Waals surface area contributed by atoms with Crippen LogP contribution >= 0.6 is 15.9 Å². The Morgan fingerprint density at radius 1 is 1.56 bits per heavy atom. The average molecular weight is 318 g/mol. The molecule has 1 saturated carbocycles. The number of hydrogen-bond donors (Lipinski definition) is 0. The van der Waals surface area contributed by atoms with E-state index in [1.54, 1.807) is 0 Å². The fraction of sp³-hybridized carbons (Fsp3) is 0.846. The van der Waals surface area contributed by atoms with Gasteiger partial charge in [-0.2, -0.15) is 0 Å². The molecule has 0 radical (unpaired) electrons. The molecule has 2 rings (SSSR count). The Balaban J connectivity index is 2.41. The molecule has 0 amide bonds. The molecule has 1 heterocycles. The van der Waals surface area contributed by atoms with Gasteiger partial charge in [0.2, 0.25) is 5.60 Å². The molecule has 1 fully saturated rings. The molecule has 102 valence electrons. The van der Waals surface area contributed by atoms with Crippen LogP contribution < -0.4 is 0 Å². The van der Waals surface area contributed by atoms with E-state index in [1.807, 2.05) is 6.92 Å². The first kappa shape index (κ1) is 13.8. The van der Waals surface area contributed by atoms with Gasteiger partial charge in [0.05, 0.1) is 17.7 Å². The number of halogens is 1. The molecule has 0 bridgehead atoms. The molecule has 0 aromatic carbocycles. The molecule has 2 unspecified atom stereocenters. The number of ether oxygens (including phenoxy) is 1. The molecular weight excluding hydrogens is 298 g/mol. The van der Waals surface area contributed by atoms with Gasteiger partial charge in [-0.05, 0) is 25.7 Å². The molecule has 0 saturated heterocycles. The number of hydrogen-bond acceptors (Lipinski definition) is 4. The van der Waals surface area contributed by atoms with Crippen molar-refractivity contribution < 1.29 is 14.4 Å².